The van der Waals surface area contributed by atoms with Crippen LogP contribution < -0.4 is 9.64 Å². The number of alkyl halides is 3. The van der Waals surface area contributed by atoms with E-state index in [0.29, 0.717) is 17.9 Å². The normalized spacial score (nSPS) is 14.8. The van der Waals surface area contributed by atoms with Gasteiger partial charge in [-0.3, -0.25) is 0 Å². The summed E-state index contributed by atoms with van der Waals surface area (Å²) in [5.41, 5.74) is 0.138. The molecule has 0 aromatic heterocycles. The van der Waals surface area contributed by atoms with Crippen LogP contribution in [0.5, 0.6) is 5.75 Å². The van der Waals surface area contributed by atoms with Crippen molar-refractivity contribution in [1.29, 1.82) is 0 Å². The Morgan fingerprint density at radius 2 is 1.80 bits per heavy atom. The van der Waals surface area contributed by atoms with Crippen LogP contribution in [-0.2, 0) is 16.3 Å². The van der Waals surface area contributed by atoms with E-state index >= 15 is 0 Å². The second-order valence-electron chi connectivity index (χ2n) is 5.25. The molecule has 3 rings (SSSR count). The predicted octanol–water partition coefficient (Wildman–Crippen LogP) is 3.90. The van der Waals surface area contributed by atoms with Crippen LogP contribution in [0.2, 0.25) is 0 Å². The summed E-state index contributed by atoms with van der Waals surface area (Å²) in [6, 6.07) is 6.90. The Hall–Kier alpha value is -1.78. The van der Waals surface area contributed by atoms with E-state index in [0.717, 1.165) is 24.3 Å². The molecule has 0 aliphatic carbocycles. The summed E-state index contributed by atoms with van der Waals surface area (Å²) in [5.74, 6) is 0.176. The summed E-state index contributed by atoms with van der Waals surface area (Å²) in [7, 11) is -4.63. The molecule has 0 saturated heterocycles. The molecule has 5 nitrogen and oxygen atoms in total. The standard InChI is InChI=1S/C15H11BrF3NO4S/c16-11-7-9(15(17,18)19)1-3-12(11)20-5-6-24-14-8-10(25(21,22)23)2-4-13(14)20/h1-4,7-8H,5-6H2,(H,21,22,23)/p-1. The summed E-state index contributed by atoms with van der Waals surface area (Å²) in [6.45, 7) is 0.531. The molecule has 134 valence electrons. The molecule has 1 aliphatic heterocycles. The summed E-state index contributed by atoms with van der Waals surface area (Å²) in [5, 5.41) is 0. The lowest BCUT2D eigenvalue weighted by Crippen LogP contribution is -2.29. The van der Waals surface area contributed by atoms with Gasteiger partial charge in [0.25, 0.3) is 0 Å². The van der Waals surface area contributed by atoms with Crippen LogP contribution >= 0.6 is 15.9 Å². The first-order valence-corrected chi connectivity index (χ1v) is 9.14. The first kappa shape index (κ1) is 18.0. The third-order valence-corrected chi connectivity index (χ3v) is 5.12. The van der Waals surface area contributed by atoms with Gasteiger partial charge in [0.05, 0.1) is 28.4 Å². The van der Waals surface area contributed by atoms with Crippen molar-refractivity contribution >= 4 is 37.4 Å². The molecule has 0 fully saturated rings. The fraction of sp³-hybridized carbons (Fsp3) is 0.200. The lowest BCUT2D eigenvalue weighted by atomic mass is 10.1. The maximum Gasteiger partial charge on any atom is 0.416 e. The van der Waals surface area contributed by atoms with Crippen molar-refractivity contribution in [3.63, 3.8) is 0 Å². The molecule has 10 heteroatoms. The highest BCUT2D eigenvalue weighted by molar-refractivity contribution is 9.10. The predicted molar refractivity (Wildman–Crippen MR) is 86.1 cm³/mol. The van der Waals surface area contributed by atoms with Gasteiger partial charge in [0.2, 0.25) is 0 Å². The Labute approximate surface area is 149 Å². The van der Waals surface area contributed by atoms with Crippen LogP contribution in [0.25, 0.3) is 0 Å². The first-order chi connectivity index (χ1) is 11.6. The second kappa shape index (κ2) is 6.19. The van der Waals surface area contributed by atoms with E-state index in [1.807, 2.05) is 0 Å². The van der Waals surface area contributed by atoms with Crippen molar-refractivity contribution in [2.75, 3.05) is 18.1 Å². The molecular weight excluding hydrogens is 427 g/mol. The van der Waals surface area contributed by atoms with Crippen molar-refractivity contribution in [2.45, 2.75) is 11.1 Å². The molecule has 0 bridgehead atoms. The van der Waals surface area contributed by atoms with Gasteiger partial charge in [-0.05, 0) is 52.3 Å². The topological polar surface area (TPSA) is 69.7 Å². The van der Waals surface area contributed by atoms with Gasteiger partial charge in [-0.25, -0.2) is 8.42 Å². The van der Waals surface area contributed by atoms with E-state index in [2.05, 4.69) is 15.9 Å². The van der Waals surface area contributed by atoms with Gasteiger partial charge in [0, 0.05) is 4.47 Å². The zero-order valence-electron chi connectivity index (χ0n) is 12.4. The Morgan fingerprint density at radius 1 is 1.12 bits per heavy atom. The maximum absolute atomic E-state index is 12.8. The molecule has 2 aromatic rings. The monoisotopic (exact) mass is 436 g/mol. The van der Waals surface area contributed by atoms with E-state index < -0.39 is 26.8 Å². The van der Waals surface area contributed by atoms with E-state index in [9.17, 15) is 26.1 Å². The molecule has 0 unspecified atom stereocenters. The van der Waals surface area contributed by atoms with Crippen LogP contribution in [-0.4, -0.2) is 26.1 Å². The zero-order chi connectivity index (χ0) is 18.4. The Kier molecular flexibility index (Phi) is 4.46. The van der Waals surface area contributed by atoms with Crippen LogP contribution in [0.3, 0.4) is 0 Å². The van der Waals surface area contributed by atoms with Gasteiger partial charge in [-0.2, -0.15) is 13.2 Å². The third-order valence-electron chi connectivity index (χ3n) is 3.65. The number of halogens is 4. The molecule has 2 aromatic carbocycles. The molecule has 0 spiro atoms. The average molecular weight is 437 g/mol. The van der Waals surface area contributed by atoms with E-state index in [1.54, 1.807) is 4.90 Å². The summed E-state index contributed by atoms with van der Waals surface area (Å²) in [4.78, 5) is 1.25. The molecule has 0 atom stereocenters. The van der Waals surface area contributed by atoms with Gasteiger partial charge in [-0.15, -0.1) is 0 Å². The molecular formula is C15H10BrF3NO4S-. The smallest absolute Gasteiger partial charge is 0.416 e. The number of benzene rings is 2. The molecule has 1 aliphatic rings. The van der Waals surface area contributed by atoms with Gasteiger partial charge in [-0.1, -0.05) is 0 Å². The number of nitrogens with zero attached hydrogens (tertiary/aromatic N) is 1. The van der Waals surface area contributed by atoms with Crippen molar-refractivity contribution in [1.82, 2.24) is 0 Å². The minimum Gasteiger partial charge on any atom is -0.744 e. The minimum atomic E-state index is -4.63. The second-order valence-corrected chi connectivity index (χ2v) is 7.48. The van der Waals surface area contributed by atoms with Crippen molar-refractivity contribution in [2.24, 2.45) is 0 Å². The number of rotatable bonds is 2. The number of ether oxygens (including phenoxy) is 1. The number of anilines is 2. The largest absolute Gasteiger partial charge is 0.744 e. The third kappa shape index (κ3) is 3.60. The number of hydrogen-bond donors (Lipinski definition) is 0. The van der Waals surface area contributed by atoms with Crippen LogP contribution in [0.1, 0.15) is 5.56 Å². The van der Waals surface area contributed by atoms with Gasteiger partial charge < -0.3 is 14.2 Å². The highest BCUT2D eigenvalue weighted by atomic mass is 79.9. The van der Waals surface area contributed by atoms with E-state index in [4.69, 9.17) is 4.74 Å². The summed E-state index contributed by atoms with van der Waals surface area (Å²) < 4.78 is 77.4. The Bertz CT molecular complexity index is 931. The Morgan fingerprint density at radius 3 is 2.40 bits per heavy atom. The lowest BCUT2D eigenvalue weighted by Gasteiger charge is -2.32. The highest BCUT2D eigenvalue weighted by Gasteiger charge is 2.31. The molecule has 0 radical (unpaired) electrons. The zero-order valence-corrected chi connectivity index (χ0v) is 14.8. The van der Waals surface area contributed by atoms with E-state index in [-0.39, 0.29) is 16.8 Å². The van der Waals surface area contributed by atoms with Crippen LogP contribution in [0.4, 0.5) is 24.5 Å². The van der Waals surface area contributed by atoms with Crippen molar-refractivity contribution in [3.05, 3.63) is 46.4 Å². The first-order valence-electron chi connectivity index (χ1n) is 6.94. The van der Waals surface area contributed by atoms with Crippen LogP contribution in [0, 0.1) is 0 Å². The Balaban J connectivity index is 2.04. The number of fused-ring (bicyclic) bond motifs is 1. The summed E-state index contributed by atoms with van der Waals surface area (Å²) in [6.07, 6.45) is -4.46. The average Bonchev–Trinajstić information content (AvgIpc) is 2.52. The minimum absolute atomic E-state index is 0.176. The SMILES string of the molecule is O=S(=O)([O-])c1ccc2c(c1)OCCN2c1ccc(C(F)(F)F)cc1Br. The van der Waals surface area contributed by atoms with Gasteiger partial charge in [0.1, 0.15) is 22.5 Å². The van der Waals surface area contributed by atoms with Crippen molar-refractivity contribution in [3.8, 4) is 5.75 Å². The molecule has 0 N–H and O–H groups in total. The maximum atomic E-state index is 12.8. The fourth-order valence-electron chi connectivity index (χ4n) is 2.51. The summed E-state index contributed by atoms with van der Waals surface area (Å²) >= 11 is 3.14. The van der Waals surface area contributed by atoms with E-state index in [1.165, 1.54) is 12.1 Å². The number of hydrogen-bond acceptors (Lipinski definition) is 5. The van der Waals surface area contributed by atoms with Gasteiger partial charge >= 0.3 is 6.18 Å². The van der Waals surface area contributed by atoms with Gasteiger partial charge in [0.15, 0.2) is 0 Å². The highest BCUT2D eigenvalue weighted by Crippen LogP contribution is 2.42. The fourth-order valence-corrected chi connectivity index (χ4v) is 3.59. The lowest BCUT2D eigenvalue weighted by molar-refractivity contribution is -0.137. The quantitative estimate of drug-likeness (QED) is 0.667. The molecule has 25 heavy (non-hydrogen) atoms. The van der Waals surface area contributed by atoms with Crippen molar-refractivity contribution < 1.29 is 30.9 Å². The molecule has 0 amide bonds. The molecule has 1 heterocycles. The van der Waals surface area contributed by atoms with Crippen LogP contribution in [0.15, 0.2) is 45.8 Å². The molecule has 0 saturated carbocycles.